The third kappa shape index (κ3) is 2.40. The summed E-state index contributed by atoms with van der Waals surface area (Å²) in [5.74, 6) is -0.277. The first kappa shape index (κ1) is 13.1. The Hall–Kier alpha value is -1.38. The molecule has 2 aromatic carbocycles. The number of benzene rings is 2. The molecule has 18 heavy (non-hydrogen) atoms. The van der Waals surface area contributed by atoms with E-state index >= 15 is 0 Å². The van der Waals surface area contributed by atoms with Crippen LogP contribution in [0.15, 0.2) is 42.5 Å². The van der Waals surface area contributed by atoms with Gasteiger partial charge in [0.25, 0.3) is 0 Å². The summed E-state index contributed by atoms with van der Waals surface area (Å²) in [6, 6.07) is 12.0. The number of aryl methyl sites for hydroxylation is 1. The molecular weight excluding hydrogens is 249 g/mol. The van der Waals surface area contributed by atoms with Gasteiger partial charge in [0.1, 0.15) is 5.82 Å². The van der Waals surface area contributed by atoms with Crippen LogP contribution in [0.25, 0.3) is 0 Å². The summed E-state index contributed by atoms with van der Waals surface area (Å²) in [5, 5.41) is 0.658. The quantitative estimate of drug-likeness (QED) is 0.870. The number of nitrogens with two attached hydrogens (primary N) is 1. The molecular formula is C15H15ClFN. The summed E-state index contributed by atoms with van der Waals surface area (Å²) in [6.45, 7) is 3.80. The van der Waals surface area contributed by atoms with Crippen LogP contribution in [0.4, 0.5) is 4.39 Å². The van der Waals surface area contributed by atoms with Gasteiger partial charge in [0.05, 0.1) is 5.54 Å². The van der Waals surface area contributed by atoms with Crippen LogP contribution in [0.1, 0.15) is 23.6 Å². The van der Waals surface area contributed by atoms with E-state index in [1.165, 1.54) is 12.1 Å². The predicted octanol–water partition coefficient (Wildman–Crippen LogP) is 4.01. The lowest BCUT2D eigenvalue weighted by molar-refractivity contribution is 0.578. The molecule has 2 aromatic rings. The molecule has 0 aliphatic heterocycles. The third-order valence-electron chi connectivity index (χ3n) is 3.20. The molecule has 0 aliphatic carbocycles. The van der Waals surface area contributed by atoms with Crippen LogP contribution in [0.3, 0.4) is 0 Å². The summed E-state index contributed by atoms with van der Waals surface area (Å²) in [6.07, 6.45) is 0. The largest absolute Gasteiger partial charge is 0.318 e. The number of halogens is 2. The van der Waals surface area contributed by atoms with E-state index in [2.05, 4.69) is 0 Å². The smallest absolute Gasteiger partial charge is 0.123 e. The first-order valence-electron chi connectivity index (χ1n) is 5.73. The minimum Gasteiger partial charge on any atom is -0.318 e. The van der Waals surface area contributed by atoms with Gasteiger partial charge >= 0.3 is 0 Å². The van der Waals surface area contributed by atoms with Gasteiger partial charge in [-0.2, -0.15) is 0 Å². The molecule has 1 nitrogen and oxygen atoms in total. The van der Waals surface area contributed by atoms with Crippen LogP contribution in [-0.2, 0) is 5.54 Å². The second kappa shape index (κ2) is 4.71. The Kier molecular flexibility index (Phi) is 3.42. The fourth-order valence-corrected chi connectivity index (χ4v) is 2.23. The molecule has 1 unspecified atom stereocenters. The van der Waals surface area contributed by atoms with Gasteiger partial charge in [0.2, 0.25) is 0 Å². The van der Waals surface area contributed by atoms with Gasteiger partial charge in [0, 0.05) is 5.02 Å². The van der Waals surface area contributed by atoms with Crippen LogP contribution >= 0.6 is 11.6 Å². The van der Waals surface area contributed by atoms with Crippen molar-refractivity contribution >= 4 is 11.6 Å². The lowest BCUT2D eigenvalue weighted by atomic mass is 9.83. The van der Waals surface area contributed by atoms with E-state index in [1.54, 1.807) is 18.2 Å². The first-order valence-corrected chi connectivity index (χ1v) is 6.10. The Balaban J connectivity index is 2.53. The maximum Gasteiger partial charge on any atom is 0.123 e. The van der Waals surface area contributed by atoms with Gasteiger partial charge < -0.3 is 5.73 Å². The van der Waals surface area contributed by atoms with Crippen molar-refractivity contribution in [2.24, 2.45) is 5.73 Å². The van der Waals surface area contributed by atoms with Crippen LogP contribution in [0.5, 0.6) is 0 Å². The monoisotopic (exact) mass is 263 g/mol. The van der Waals surface area contributed by atoms with Gasteiger partial charge in [-0.15, -0.1) is 0 Å². The second-order valence-electron chi connectivity index (χ2n) is 4.67. The molecule has 0 amide bonds. The standard InChI is InChI=1S/C15H15ClFN/c1-10-3-8-13(17)9-14(10)15(2,18)11-4-6-12(16)7-5-11/h3-9H,18H2,1-2H3. The van der Waals surface area contributed by atoms with E-state index < -0.39 is 5.54 Å². The van der Waals surface area contributed by atoms with Crippen LogP contribution in [0.2, 0.25) is 5.02 Å². The Labute approximate surface area is 111 Å². The third-order valence-corrected chi connectivity index (χ3v) is 3.46. The zero-order valence-corrected chi connectivity index (χ0v) is 11.1. The topological polar surface area (TPSA) is 26.0 Å². The molecule has 0 bridgehead atoms. The number of rotatable bonds is 2. The normalized spacial score (nSPS) is 14.3. The average molecular weight is 264 g/mol. The molecule has 2 N–H and O–H groups in total. The predicted molar refractivity (Wildman–Crippen MR) is 73.2 cm³/mol. The van der Waals surface area contributed by atoms with Crippen LogP contribution in [0, 0.1) is 12.7 Å². The number of hydrogen-bond donors (Lipinski definition) is 1. The maximum atomic E-state index is 13.4. The molecule has 3 heteroatoms. The summed E-state index contributed by atoms with van der Waals surface area (Å²) >= 11 is 5.86. The van der Waals surface area contributed by atoms with E-state index in [-0.39, 0.29) is 5.82 Å². The molecule has 2 rings (SSSR count). The highest BCUT2D eigenvalue weighted by atomic mass is 35.5. The van der Waals surface area contributed by atoms with Gasteiger partial charge in [-0.25, -0.2) is 4.39 Å². The first-order chi connectivity index (χ1) is 8.41. The summed E-state index contributed by atoms with van der Waals surface area (Å²) in [7, 11) is 0. The highest BCUT2D eigenvalue weighted by Crippen LogP contribution is 2.30. The van der Waals surface area contributed by atoms with E-state index in [0.717, 1.165) is 16.7 Å². The van der Waals surface area contributed by atoms with Crippen molar-refractivity contribution in [2.45, 2.75) is 19.4 Å². The van der Waals surface area contributed by atoms with Crippen molar-refractivity contribution < 1.29 is 4.39 Å². The highest BCUT2D eigenvalue weighted by molar-refractivity contribution is 6.30. The fraction of sp³-hybridized carbons (Fsp3) is 0.200. The average Bonchev–Trinajstić information content (AvgIpc) is 2.32. The van der Waals surface area contributed by atoms with Gasteiger partial charge in [-0.05, 0) is 54.8 Å². The van der Waals surface area contributed by atoms with Crippen molar-refractivity contribution in [1.82, 2.24) is 0 Å². The zero-order chi connectivity index (χ0) is 13.3. The molecule has 0 heterocycles. The molecule has 0 aliphatic rings. The highest BCUT2D eigenvalue weighted by Gasteiger charge is 2.25. The van der Waals surface area contributed by atoms with Crippen LogP contribution < -0.4 is 5.73 Å². The summed E-state index contributed by atoms with van der Waals surface area (Å²) < 4.78 is 13.4. The Morgan fingerprint density at radius 1 is 1.11 bits per heavy atom. The molecule has 0 fully saturated rings. The van der Waals surface area contributed by atoms with Crippen molar-refractivity contribution in [1.29, 1.82) is 0 Å². The number of hydrogen-bond acceptors (Lipinski definition) is 1. The second-order valence-corrected chi connectivity index (χ2v) is 5.10. The Bertz CT molecular complexity index is 561. The lowest BCUT2D eigenvalue weighted by Gasteiger charge is -2.27. The molecule has 0 radical (unpaired) electrons. The van der Waals surface area contributed by atoms with Crippen molar-refractivity contribution in [3.05, 3.63) is 70.0 Å². The molecule has 1 atom stereocenters. The Morgan fingerprint density at radius 2 is 1.72 bits per heavy atom. The molecule has 0 saturated carbocycles. The minimum absolute atomic E-state index is 0.277. The summed E-state index contributed by atoms with van der Waals surface area (Å²) in [5.41, 5.74) is 8.28. The van der Waals surface area contributed by atoms with E-state index in [9.17, 15) is 4.39 Å². The van der Waals surface area contributed by atoms with E-state index in [1.807, 2.05) is 26.0 Å². The molecule has 0 spiro atoms. The van der Waals surface area contributed by atoms with Gasteiger partial charge in [-0.3, -0.25) is 0 Å². The fourth-order valence-electron chi connectivity index (χ4n) is 2.11. The minimum atomic E-state index is -0.739. The summed E-state index contributed by atoms with van der Waals surface area (Å²) in [4.78, 5) is 0. The molecule has 94 valence electrons. The SMILES string of the molecule is Cc1ccc(F)cc1C(C)(N)c1ccc(Cl)cc1. The zero-order valence-electron chi connectivity index (χ0n) is 10.4. The lowest BCUT2D eigenvalue weighted by Crippen LogP contribution is -2.35. The maximum absolute atomic E-state index is 13.4. The molecule has 0 aromatic heterocycles. The van der Waals surface area contributed by atoms with E-state index in [0.29, 0.717) is 5.02 Å². The van der Waals surface area contributed by atoms with Gasteiger partial charge in [-0.1, -0.05) is 29.8 Å². The van der Waals surface area contributed by atoms with Crippen molar-refractivity contribution in [3.8, 4) is 0 Å². The van der Waals surface area contributed by atoms with Crippen molar-refractivity contribution in [2.75, 3.05) is 0 Å². The van der Waals surface area contributed by atoms with Gasteiger partial charge in [0.15, 0.2) is 0 Å². The molecule has 0 saturated heterocycles. The van der Waals surface area contributed by atoms with E-state index in [4.69, 9.17) is 17.3 Å². The van der Waals surface area contributed by atoms with Crippen molar-refractivity contribution in [3.63, 3.8) is 0 Å². The Morgan fingerprint density at radius 3 is 2.33 bits per heavy atom. The van der Waals surface area contributed by atoms with Crippen LogP contribution in [-0.4, -0.2) is 0 Å².